The Morgan fingerprint density at radius 2 is 1.59 bits per heavy atom. The van der Waals surface area contributed by atoms with Crippen molar-refractivity contribution in [1.29, 1.82) is 0 Å². The van der Waals surface area contributed by atoms with Crippen molar-refractivity contribution in [2.75, 3.05) is 4.90 Å². The molecular weight excluding hydrogens is 274 g/mol. The van der Waals surface area contributed by atoms with Crippen molar-refractivity contribution in [2.45, 2.75) is 37.3 Å². The van der Waals surface area contributed by atoms with E-state index in [1.807, 2.05) is 59.5 Å². The lowest BCUT2D eigenvalue weighted by atomic mass is 9.87. The van der Waals surface area contributed by atoms with Crippen LogP contribution in [0.3, 0.4) is 0 Å². The highest BCUT2D eigenvalue weighted by Crippen LogP contribution is 2.46. The summed E-state index contributed by atoms with van der Waals surface area (Å²) in [5, 5.41) is 11.3. The summed E-state index contributed by atoms with van der Waals surface area (Å²) >= 11 is 0. The number of amides is 1. The van der Waals surface area contributed by atoms with Gasteiger partial charge in [-0.2, -0.15) is 0 Å². The van der Waals surface area contributed by atoms with Crippen molar-refractivity contribution >= 4 is 11.6 Å². The number of anilines is 1. The first-order valence-electron chi connectivity index (χ1n) is 7.94. The van der Waals surface area contributed by atoms with Gasteiger partial charge in [0.15, 0.2) is 5.60 Å². The van der Waals surface area contributed by atoms with Gasteiger partial charge in [-0.1, -0.05) is 61.4 Å². The number of hydrogen-bond donors (Lipinski definition) is 1. The van der Waals surface area contributed by atoms with Crippen LogP contribution in [0.25, 0.3) is 0 Å². The third kappa shape index (κ3) is 1.75. The summed E-state index contributed by atoms with van der Waals surface area (Å²) in [5.74, 6) is -0.202. The Labute approximate surface area is 130 Å². The van der Waals surface area contributed by atoms with Crippen LogP contribution in [0.5, 0.6) is 0 Å². The molecule has 4 rings (SSSR count). The molecule has 0 bridgehead atoms. The van der Waals surface area contributed by atoms with Gasteiger partial charge < -0.3 is 10.0 Å². The highest BCUT2D eigenvalue weighted by Gasteiger charge is 2.52. The molecule has 2 aromatic rings. The molecule has 1 N–H and O–H groups in total. The predicted molar refractivity (Wildman–Crippen MR) is 85.6 cm³/mol. The third-order valence-corrected chi connectivity index (χ3v) is 4.96. The Morgan fingerprint density at radius 1 is 0.955 bits per heavy atom. The molecule has 0 saturated heterocycles. The molecule has 1 saturated carbocycles. The normalized spacial score (nSPS) is 24.8. The van der Waals surface area contributed by atoms with Gasteiger partial charge in [-0.3, -0.25) is 4.79 Å². The van der Waals surface area contributed by atoms with Crippen molar-refractivity contribution in [3.05, 3.63) is 65.7 Å². The molecule has 3 nitrogen and oxygen atoms in total. The van der Waals surface area contributed by atoms with Crippen LogP contribution in [0.4, 0.5) is 5.69 Å². The fourth-order valence-corrected chi connectivity index (χ4v) is 3.87. The largest absolute Gasteiger partial charge is 0.372 e. The molecule has 2 aliphatic rings. The van der Waals surface area contributed by atoms with Gasteiger partial charge in [0.25, 0.3) is 5.91 Å². The van der Waals surface area contributed by atoms with E-state index in [9.17, 15) is 9.90 Å². The number of nitrogens with zero attached hydrogens (tertiary/aromatic N) is 1. The lowest BCUT2D eigenvalue weighted by Gasteiger charge is -2.27. The van der Waals surface area contributed by atoms with Gasteiger partial charge in [0.1, 0.15) is 0 Å². The van der Waals surface area contributed by atoms with Gasteiger partial charge in [0.05, 0.1) is 5.69 Å². The Balaban J connectivity index is 1.89. The molecule has 0 spiro atoms. The summed E-state index contributed by atoms with van der Waals surface area (Å²) < 4.78 is 0. The summed E-state index contributed by atoms with van der Waals surface area (Å²) in [6, 6.07) is 17.1. The van der Waals surface area contributed by atoms with Crippen LogP contribution in [-0.4, -0.2) is 17.1 Å². The average molecular weight is 293 g/mol. The maximum Gasteiger partial charge on any atom is 0.268 e. The van der Waals surface area contributed by atoms with E-state index in [-0.39, 0.29) is 11.9 Å². The number of fused-ring (bicyclic) bond motifs is 1. The number of para-hydroxylation sites is 1. The van der Waals surface area contributed by atoms with Crippen molar-refractivity contribution in [3.8, 4) is 0 Å². The van der Waals surface area contributed by atoms with Gasteiger partial charge in [-0.05, 0) is 24.5 Å². The van der Waals surface area contributed by atoms with E-state index >= 15 is 0 Å². The van der Waals surface area contributed by atoms with Gasteiger partial charge >= 0.3 is 0 Å². The number of hydrogen-bond acceptors (Lipinski definition) is 2. The number of aliphatic hydroxyl groups is 1. The molecule has 0 aromatic heterocycles. The van der Waals surface area contributed by atoms with Gasteiger partial charge in [0, 0.05) is 11.6 Å². The minimum atomic E-state index is -1.56. The molecule has 1 aliphatic heterocycles. The van der Waals surface area contributed by atoms with E-state index in [2.05, 4.69) is 0 Å². The molecule has 1 aliphatic carbocycles. The minimum Gasteiger partial charge on any atom is -0.372 e. The first-order valence-corrected chi connectivity index (χ1v) is 7.94. The van der Waals surface area contributed by atoms with Crippen LogP contribution in [0, 0.1) is 0 Å². The third-order valence-electron chi connectivity index (χ3n) is 4.96. The van der Waals surface area contributed by atoms with Crippen LogP contribution in [0.1, 0.15) is 36.8 Å². The molecule has 1 amide bonds. The van der Waals surface area contributed by atoms with E-state index in [4.69, 9.17) is 0 Å². The zero-order chi connectivity index (χ0) is 15.2. The van der Waals surface area contributed by atoms with Crippen molar-refractivity contribution in [3.63, 3.8) is 0 Å². The second-order valence-corrected chi connectivity index (χ2v) is 6.21. The summed E-state index contributed by atoms with van der Waals surface area (Å²) in [7, 11) is 0. The summed E-state index contributed by atoms with van der Waals surface area (Å²) in [6.07, 6.45) is 4.34. The van der Waals surface area contributed by atoms with E-state index in [0.29, 0.717) is 11.1 Å². The van der Waals surface area contributed by atoms with E-state index < -0.39 is 5.60 Å². The van der Waals surface area contributed by atoms with Crippen LogP contribution >= 0.6 is 0 Å². The molecule has 0 radical (unpaired) electrons. The summed E-state index contributed by atoms with van der Waals surface area (Å²) in [5.41, 5.74) is 0.664. The lowest BCUT2D eigenvalue weighted by molar-refractivity contribution is -0.132. The average Bonchev–Trinajstić information content (AvgIpc) is 3.16. The van der Waals surface area contributed by atoms with Gasteiger partial charge in [-0.15, -0.1) is 0 Å². The molecule has 1 unspecified atom stereocenters. The Morgan fingerprint density at radius 3 is 2.32 bits per heavy atom. The predicted octanol–water partition coefficient (Wildman–Crippen LogP) is 3.21. The number of carbonyl (C=O) groups excluding carboxylic acids is 1. The van der Waals surface area contributed by atoms with E-state index in [0.717, 1.165) is 31.4 Å². The number of rotatable bonds is 2. The fourth-order valence-electron chi connectivity index (χ4n) is 3.87. The van der Waals surface area contributed by atoms with Crippen molar-refractivity contribution in [2.24, 2.45) is 0 Å². The molecule has 3 heteroatoms. The number of benzene rings is 2. The molecule has 1 heterocycles. The Bertz CT molecular complexity index is 706. The first-order chi connectivity index (χ1) is 10.7. The quantitative estimate of drug-likeness (QED) is 0.923. The smallest absolute Gasteiger partial charge is 0.268 e. The molecule has 22 heavy (non-hydrogen) atoms. The second kappa shape index (κ2) is 4.96. The van der Waals surface area contributed by atoms with E-state index in [1.165, 1.54) is 0 Å². The van der Waals surface area contributed by atoms with Crippen LogP contribution in [-0.2, 0) is 10.4 Å². The zero-order valence-corrected chi connectivity index (χ0v) is 12.4. The summed E-state index contributed by atoms with van der Waals surface area (Å²) in [6.45, 7) is 0. The van der Waals surface area contributed by atoms with Crippen molar-refractivity contribution in [1.82, 2.24) is 0 Å². The molecule has 2 aromatic carbocycles. The fraction of sp³-hybridized carbons (Fsp3) is 0.316. The monoisotopic (exact) mass is 293 g/mol. The van der Waals surface area contributed by atoms with Crippen LogP contribution in [0.2, 0.25) is 0 Å². The maximum absolute atomic E-state index is 13.1. The zero-order valence-electron chi connectivity index (χ0n) is 12.4. The Hall–Kier alpha value is -2.13. The van der Waals surface area contributed by atoms with Crippen LogP contribution < -0.4 is 4.90 Å². The highest BCUT2D eigenvalue weighted by molar-refractivity contribution is 6.09. The summed E-state index contributed by atoms with van der Waals surface area (Å²) in [4.78, 5) is 15.0. The topological polar surface area (TPSA) is 40.5 Å². The molecule has 112 valence electrons. The highest BCUT2D eigenvalue weighted by atomic mass is 16.3. The molecule has 1 atom stereocenters. The van der Waals surface area contributed by atoms with Gasteiger partial charge in [0.2, 0.25) is 0 Å². The SMILES string of the molecule is O=C1N(C2CCCC2)c2ccccc2C1(O)c1ccccc1. The standard InChI is InChI=1S/C19H19NO2/c21-18-19(22,14-8-2-1-3-9-14)16-12-6-7-13-17(16)20(18)15-10-4-5-11-15/h1-3,6-9,12-13,15,22H,4-5,10-11H2. The van der Waals surface area contributed by atoms with Gasteiger partial charge in [-0.25, -0.2) is 0 Å². The van der Waals surface area contributed by atoms with Crippen LogP contribution in [0.15, 0.2) is 54.6 Å². The molecular formula is C19H19NO2. The Kier molecular flexibility index (Phi) is 3.05. The lowest BCUT2D eigenvalue weighted by Crippen LogP contribution is -2.45. The maximum atomic E-state index is 13.1. The first kappa shape index (κ1) is 13.5. The van der Waals surface area contributed by atoms with Crippen molar-refractivity contribution < 1.29 is 9.90 Å². The number of carbonyl (C=O) groups is 1. The second-order valence-electron chi connectivity index (χ2n) is 6.21. The minimum absolute atomic E-state index is 0.202. The molecule has 1 fully saturated rings. The van der Waals surface area contributed by atoms with E-state index in [1.54, 1.807) is 0 Å².